The average Bonchev–Trinajstić information content (AvgIpc) is 2.46. The molecule has 92 valence electrons. The van der Waals surface area contributed by atoms with Crippen LogP contribution in [0.15, 0.2) is 65.8 Å². The summed E-state index contributed by atoms with van der Waals surface area (Å²) in [6.45, 7) is 2.01. The summed E-state index contributed by atoms with van der Waals surface area (Å²) in [7, 11) is 0. The molecule has 0 spiro atoms. The Labute approximate surface area is 108 Å². The molecule has 0 saturated heterocycles. The van der Waals surface area contributed by atoms with Crippen LogP contribution in [0.25, 0.3) is 0 Å². The molecule has 0 unspecified atom stereocenters. The Morgan fingerprint density at radius 1 is 0.944 bits per heavy atom. The smallest absolute Gasteiger partial charge is 0.0686 e. The molecule has 2 heteroatoms. The molecule has 18 heavy (non-hydrogen) atoms. The Kier molecular flexibility index (Phi) is 4.13. The molecule has 0 atom stereocenters. The number of hydrogen-bond donors (Lipinski definition) is 1. The lowest BCUT2D eigenvalue weighted by Crippen LogP contribution is -2.13. The fourth-order valence-electron chi connectivity index (χ4n) is 2.20. The molecule has 1 N–H and O–H groups in total. The van der Waals surface area contributed by atoms with Gasteiger partial charge in [-0.3, -0.25) is 0 Å². The van der Waals surface area contributed by atoms with Crippen LogP contribution < -0.4 is 0 Å². The van der Waals surface area contributed by atoms with Crippen LogP contribution in [0, 0.1) is 0 Å². The van der Waals surface area contributed by atoms with Gasteiger partial charge in [0.25, 0.3) is 0 Å². The first-order chi connectivity index (χ1) is 8.86. The monoisotopic (exact) mass is 239 g/mol. The van der Waals surface area contributed by atoms with Gasteiger partial charge < -0.3 is 5.21 Å². The number of nitrogens with zero attached hydrogens (tertiary/aromatic N) is 1. The molecule has 0 aliphatic carbocycles. The van der Waals surface area contributed by atoms with E-state index in [-0.39, 0.29) is 5.92 Å². The predicted molar refractivity (Wildman–Crippen MR) is 74.2 cm³/mol. The Hall–Kier alpha value is -2.09. The molecule has 0 aliphatic rings. The molecule has 2 nitrogen and oxygen atoms in total. The van der Waals surface area contributed by atoms with Crippen molar-refractivity contribution in [1.29, 1.82) is 0 Å². The molecule has 0 fully saturated rings. The van der Waals surface area contributed by atoms with Crippen LogP contribution in [-0.2, 0) is 0 Å². The minimum atomic E-state index is 0.0300. The van der Waals surface area contributed by atoms with Gasteiger partial charge in [-0.05, 0) is 17.5 Å². The molecule has 2 aromatic rings. The van der Waals surface area contributed by atoms with Gasteiger partial charge in [0.15, 0.2) is 0 Å². The fourth-order valence-corrected chi connectivity index (χ4v) is 2.20. The van der Waals surface area contributed by atoms with Crippen molar-refractivity contribution in [3.05, 3.63) is 71.8 Å². The second-order valence-corrected chi connectivity index (χ2v) is 4.20. The summed E-state index contributed by atoms with van der Waals surface area (Å²) in [5, 5.41) is 12.7. The van der Waals surface area contributed by atoms with Crippen LogP contribution in [0.5, 0.6) is 0 Å². The van der Waals surface area contributed by atoms with Gasteiger partial charge in [0.05, 0.1) is 11.6 Å². The van der Waals surface area contributed by atoms with Gasteiger partial charge in [0, 0.05) is 0 Å². The van der Waals surface area contributed by atoms with Crippen LogP contribution in [0.4, 0.5) is 0 Å². The number of benzene rings is 2. The third kappa shape index (κ3) is 2.59. The number of hydrogen-bond acceptors (Lipinski definition) is 2. The van der Waals surface area contributed by atoms with Crippen molar-refractivity contribution in [2.75, 3.05) is 0 Å². The van der Waals surface area contributed by atoms with Gasteiger partial charge >= 0.3 is 0 Å². The van der Waals surface area contributed by atoms with E-state index in [9.17, 15) is 5.21 Å². The Bertz CT molecular complexity index is 466. The maximum atomic E-state index is 9.21. The van der Waals surface area contributed by atoms with Crippen molar-refractivity contribution in [2.45, 2.75) is 19.3 Å². The third-order valence-electron chi connectivity index (χ3n) is 3.09. The second kappa shape index (κ2) is 6.01. The van der Waals surface area contributed by atoms with Crippen molar-refractivity contribution in [2.24, 2.45) is 5.16 Å². The van der Waals surface area contributed by atoms with E-state index in [1.165, 1.54) is 0 Å². The number of oxime groups is 1. The molecule has 0 radical (unpaired) electrons. The third-order valence-corrected chi connectivity index (χ3v) is 3.09. The fraction of sp³-hybridized carbons (Fsp3) is 0.188. The molecule has 0 aliphatic heterocycles. The van der Waals surface area contributed by atoms with Gasteiger partial charge in [-0.1, -0.05) is 72.7 Å². The van der Waals surface area contributed by atoms with Crippen molar-refractivity contribution in [1.82, 2.24) is 0 Å². The summed E-state index contributed by atoms with van der Waals surface area (Å²) in [5.74, 6) is 0.0300. The largest absolute Gasteiger partial charge is 0.411 e. The van der Waals surface area contributed by atoms with Gasteiger partial charge in [-0.25, -0.2) is 0 Å². The Morgan fingerprint density at radius 3 is 1.72 bits per heavy atom. The van der Waals surface area contributed by atoms with Crippen molar-refractivity contribution in [3.63, 3.8) is 0 Å². The van der Waals surface area contributed by atoms with Crippen molar-refractivity contribution in [3.8, 4) is 0 Å². The van der Waals surface area contributed by atoms with Crippen molar-refractivity contribution < 1.29 is 5.21 Å². The molecule has 0 bridgehead atoms. The normalized spacial score (nSPS) is 11.8. The van der Waals surface area contributed by atoms with Crippen LogP contribution in [-0.4, -0.2) is 10.9 Å². The van der Waals surface area contributed by atoms with E-state index in [0.29, 0.717) is 0 Å². The number of rotatable bonds is 4. The Balaban J connectivity index is 2.48. The van der Waals surface area contributed by atoms with Gasteiger partial charge in [0.2, 0.25) is 0 Å². The molecular weight excluding hydrogens is 222 g/mol. The average molecular weight is 239 g/mol. The lowest BCUT2D eigenvalue weighted by molar-refractivity contribution is 0.316. The van der Waals surface area contributed by atoms with Crippen LogP contribution in [0.3, 0.4) is 0 Å². The predicted octanol–water partition coefficient (Wildman–Crippen LogP) is 4.06. The van der Waals surface area contributed by atoms with Gasteiger partial charge in [0.1, 0.15) is 0 Å². The summed E-state index contributed by atoms with van der Waals surface area (Å²) in [6.07, 6.45) is 0.727. The Morgan fingerprint density at radius 2 is 1.39 bits per heavy atom. The zero-order chi connectivity index (χ0) is 12.8. The minimum Gasteiger partial charge on any atom is -0.411 e. The minimum absolute atomic E-state index is 0.0300. The molecular formula is C16H17NO. The van der Waals surface area contributed by atoms with Crippen LogP contribution >= 0.6 is 0 Å². The highest BCUT2D eigenvalue weighted by molar-refractivity contribution is 5.93. The highest BCUT2D eigenvalue weighted by atomic mass is 16.4. The van der Waals surface area contributed by atoms with Gasteiger partial charge in [-0.2, -0.15) is 0 Å². The quantitative estimate of drug-likeness (QED) is 0.487. The zero-order valence-electron chi connectivity index (χ0n) is 10.5. The van der Waals surface area contributed by atoms with E-state index in [0.717, 1.165) is 23.3 Å². The van der Waals surface area contributed by atoms with Crippen molar-refractivity contribution >= 4 is 5.71 Å². The molecule has 0 heterocycles. The second-order valence-electron chi connectivity index (χ2n) is 4.20. The molecule has 2 aromatic carbocycles. The summed E-state index contributed by atoms with van der Waals surface area (Å²) in [4.78, 5) is 0. The topological polar surface area (TPSA) is 32.6 Å². The van der Waals surface area contributed by atoms with E-state index >= 15 is 0 Å². The highest BCUT2D eigenvalue weighted by Crippen LogP contribution is 2.27. The zero-order valence-corrected chi connectivity index (χ0v) is 10.5. The lowest BCUT2D eigenvalue weighted by Gasteiger charge is -2.18. The van der Waals surface area contributed by atoms with Gasteiger partial charge in [-0.15, -0.1) is 0 Å². The van der Waals surface area contributed by atoms with Crippen LogP contribution in [0.2, 0.25) is 0 Å². The van der Waals surface area contributed by atoms with E-state index in [2.05, 4.69) is 29.4 Å². The summed E-state index contributed by atoms with van der Waals surface area (Å²) >= 11 is 0. The summed E-state index contributed by atoms with van der Waals surface area (Å²) in [6, 6.07) is 20.3. The molecule has 0 amide bonds. The first kappa shape index (κ1) is 12.4. The summed E-state index contributed by atoms with van der Waals surface area (Å²) in [5.41, 5.74) is 3.09. The standard InChI is InChI=1S/C16H17NO/c1-2-15(17-18)16(13-9-5-3-6-10-13)14-11-7-4-8-12-14/h3-12,16,18H,2H2,1H3. The first-order valence-corrected chi connectivity index (χ1v) is 6.17. The lowest BCUT2D eigenvalue weighted by atomic mass is 9.86. The maximum Gasteiger partial charge on any atom is 0.0686 e. The maximum absolute atomic E-state index is 9.21. The van der Waals surface area contributed by atoms with E-state index < -0.39 is 0 Å². The molecule has 0 aromatic heterocycles. The highest BCUT2D eigenvalue weighted by Gasteiger charge is 2.19. The molecule has 2 rings (SSSR count). The molecule has 0 saturated carbocycles. The van der Waals surface area contributed by atoms with E-state index in [1.54, 1.807) is 0 Å². The van der Waals surface area contributed by atoms with Crippen LogP contribution in [0.1, 0.15) is 30.4 Å². The summed E-state index contributed by atoms with van der Waals surface area (Å²) < 4.78 is 0. The van der Waals surface area contributed by atoms with E-state index in [1.807, 2.05) is 43.3 Å². The first-order valence-electron chi connectivity index (χ1n) is 6.17. The SMILES string of the molecule is CCC(=NO)C(c1ccccc1)c1ccccc1. The van der Waals surface area contributed by atoms with E-state index in [4.69, 9.17) is 0 Å².